The molecule has 3 aromatic rings. The highest BCUT2D eigenvalue weighted by atomic mass is 16.5. The van der Waals surface area contributed by atoms with E-state index in [1.54, 1.807) is 27.4 Å². The minimum atomic E-state index is 0.589. The maximum Gasteiger partial charge on any atom is 0.169 e. The van der Waals surface area contributed by atoms with E-state index in [0.717, 1.165) is 23.1 Å². The number of pyridine rings is 1. The van der Waals surface area contributed by atoms with Crippen molar-refractivity contribution in [3.8, 4) is 28.7 Å². The smallest absolute Gasteiger partial charge is 0.169 e. The van der Waals surface area contributed by atoms with Crippen LogP contribution in [0, 0.1) is 0 Å². The third-order valence-electron chi connectivity index (χ3n) is 4.67. The monoisotopic (exact) mass is 381 g/mol. The molecular formula is C23H27NO4. The van der Waals surface area contributed by atoms with Gasteiger partial charge in [-0.1, -0.05) is 19.8 Å². The molecule has 1 aromatic heterocycles. The fourth-order valence-electron chi connectivity index (χ4n) is 3.12. The minimum absolute atomic E-state index is 0.589. The number of hydrogen-bond acceptors (Lipinski definition) is 5. The highest BCUT2D eigenvalue weighted by molar-refractivity contribution is 5.87. The van der Waals surface area contributed by atoms with Crippen molar-refractivity contribution in [3.63, 3.8) is 0 Å². The molecule has 0 aliphatic rings. The largest absolute Gasteiger partial charge is 0.497 e. The Morgan fingerprint density at radius 3 is 2.29 bits per heavy atom. The molecule has 0 aliphatic heterocycles. The summed E-state index contributed by atoms with van der Waals surface area (Å²) >= 11 is 0. The number of nitrogens with zero attached hydrogens (tertiary/aromatic N) is 1. The lowest BCUT2D eigenvalue weighted by atomic mass is 10.1. The molecule has 0 saturated heterocycles. The van der Waals surface area contributed by atoms with Gasteiger partial charge in [-0.3, -0.25) is 4.98 Å². The number of hydrogen-bond donors (Lipinski definition) is 0. The summed E-state index contributed by atoms with van der Waals surface area (Å²) < 4.78 is 22.3. The van der Waals surface area contributed by atoms with E-state index in [-0.39, 0.29) is 0 Å². The molecule has 148 valence electrons. The first kappa shape index (κ1) is 19.8. The van der Waals surface area contributed by atoms with Crippen LogP contribution in [-0.4, -0.2) is 26.3 Å². The molecule has 0 bridgehead atoms. The van der Waals surface area contributed by atoms with Gasteiger partial charge in [0.25, 0.3) is 0 Å². The summed E-state index contributed by atoms with van der Waals surface area (Å²) in [6, 6.07) is 11.4. The zero-order chi connectivity index (χ0) is 19.9. The Morgan fingerprint density at radius 1 is 0.786 bits per heavy atom. The number of unbranched alkanes of at least 4 members (excludes halogenated alkanes) is 2. The average Bonchev–Trinajstić information content (AvgIpc) is 2.73. The topological polar surface area (TPSA) is 49.8 Å². The molecule has 2 aromatic carbocycles. The van der Waals surface area contributed by atoms with Crippen LogP contribution in [0.15, 0.2) is 42.6 Å². The first-order valence-electron chi connectivity index (χ1n) is 9.55. The quantitative estimate of drug-likeness (QED) is 0.439. The molecule has 3 rings (SSSR count). The van der Waals surface area contributed by atoms with Crippen LogP contribution in [0.3, 0.4) is 0 Å². The van der Waals surface area contributed by atoms with Gasteiger partial charge in [0.2, 0.25) is 0 Å². The van der Waals surface area contributed by atoms with Crippen LogP contribution in [0.4, 0.5) is 0 Å². The minimum Gasteiger partial charge on any atom is -0.497 e. The third kappa shape index (κ3) is 4.47. The van der Waals surface area contributed by atoms with E-state index in [2.05, 4.69) is 18.0 Å². The molecule has 0 aliphatic carbocycles. The van der Waals surface area contributed by atoms with Crippen molar-refractivity contribution in [2.24, 2.45) is 0 Å². The predicted molar refractivity (Wildman–Crippen MR) is 111 cm³/mol. The first-order valence-corrected chi connectivity index (χ1v) is 9.55. The Hall–Kier alpha value is -2.95. The average molecular weight is 381 g/mol. The van der Waals surface area contributed by atoms with Crippen LogP contribution >= 0.6 is 0 Å². The molecule has 0 radical (unpaired) electrons. The molecule has 0 unspecified atom stereocenters. The number of fused-ring (bicyclic) bond motifs is 1. The highest BCUT2D eigenvalue weighted by Crippen LogP contribution is 2.38. The maximum absolute atomic E-state index is 6.17. The van der Waals surface area contributed by atoms with Crippen molar-refractivity contribution in [1.82, 2.24) is 4.98 Å². The van der Waals surface area contributed by atoms with Gasteiger partial charge in [0, 0.05) is 23.7 Å². The van der Waals surface area contributed by atoms with Gasteiger partial charge in [-0.05, 0) is 42.7 Å². The molecule has 5 nitrogen and oxygen atoms in total. The molecule has 0 saturated carbocycles. The van der Waals surface area contributed by atoms with E-state index >= 15 is 0 Å². The van der Waals surface area contributed by atoms with Crippen LogP contribution in [0.25, 0.3) is 10.9 Å². The van der Waals surface area contributed by atoms with Gasteiger partial charge in [0.15, 0.2) is 17.2 Å². The fourth-order valence-corrected chi connectivity index (χ4v) is 3.12. The molecule has 28 heavy (non-hydrogen) atoms. The lowest BCUT2D eigenvalue weighted by Crippen LogP contribution is -1.95. The molecule has 1 heterocycles. The summed E-state index contributed by atoms with van der Waals surface area (Å²) in [6.07, 6.45) is 6.55. The molecule has 0 atom stereocenters. The Morgan fingerprint density at radius 2 is 1.57 bits per heavy atom. The molecule has 0 N–H and O–H groups in total. The zero-order valence-electron chi connectivity index (χ0n) is 17.0. The van der Waals surface area contributed by atoms with E-state index in [4.69, 9.17) is 18.9 Å². The van der Waals surface area contributed by atoms with Gasteiger partial charge in [-0.15, -0.1) is 0 Å². The molecule has 0 fully saturated rings. The lowest BCUT2D eigenvalue weighted by Gasteiger charge is -2.14. The van der Waals surface area contributed by atoms with E-state index < -0.39 is 0 Å². The van der Waals surface area contributed by atoms with E-state index in [0.29, 0.717) is 23.0 Å². The van der Waals surface area contributed by atoms with Gasteiger partial charge in [-0.2, -0.15) is 0 Å². The zero-order valence-corrected chi connectivity index (χ0v) is 17.0. The number of aromatic nitrogens is 1. The molecular weight excluding hydrogens is 354 g/mol. The first-order chi connectivity index (χ1) is 13.7. The fraction of sp³-hybridized carbons (Fsp3) is 0.348. The van der Waals surface area contributed by atoms with E-state index in [9.17, 15) is 0 Å². The number of aryl methyl sites for hydroxylation is 1. The number of benzene rings is 2. The predicted octanol–water partition coefficient (Wildman–Crippen LogP) is 5.79. The van der Waals surface area contributed by atoms with Crippen molar-refractivity contribution in [2.75, 3.05) is 21.3 Å². The van der Waals surface area contributed by atoms with Crippen molar-refractivity contribution in [3.05, 3.63) is 48.2 Å². The summed E-state index contributed by atoms with van der Waals surface area (Å²) in [6.45, 7) is 2.21. The van der Waals surface area contributed by atoms with Crippen molar-refractivity contribution < 1.29 is 18.9 Å². The van der Waals surface area contributed by atoms with Gasteiger partial charge in [0.05, 0.1) is 21.3 Å². The second-order valence-electron chi connectivity index (χ2n) is 6.62. The van der Waals surface area contributed by atoms with Gasteiger partial charge in [-0.25, -0.2) is 0 Å². The maximum atomic E-state index is 6.17. The summed E-state index contributed by atoms with van der Waals surface area (Å²) in [7, 11) is 4.87. The molecule has 0 spiro atoms. The van der Waals surface area contributed by atoms with Gasteiger partial charge < -0.3 is 18.9 Å². The number of rotatable bonds is 9. The number of ether oxygens (including phenoxy) is 4. The molecule has 5 heteroatoms. The highest BCUT2D eigenvalue weighted by Gasteiger charge is 2.13. The van der Waals surface area contributed by atoms with Crippen LogP contribution < -0.4 is 18.9 Å². The van der Waals surface area contributed by atoms with Crippen molar-refractivity contribution >= 4 is 10.9 Å². The normalized spacial score (nSPS) is 10.7. The SMILES string of the molecule is CCCCCc1cnc2c(Oc3ccc(OC)cc3OC)cc(OC)cc2c1. The van der Waals surface area contributed by atoms with Crippen LogP contribution in [0.2, 0.25) is 0 Å². The van der Waals surface area contributed by atoms with Gasteiger partial charge in [0.1, 0.15) is 17.0 Å². The Kier molecular flexibility index (Phi) is 6.58. The summed E-state index contributed by atoms with van der Waals surface area (Å²) in [5.41, 5.74) is 2.01. The Labute approximate surface area is 166 Å². The van der Waals surface area contributed by atoms with Crippen LogP contribution in [-0.2, 0) is 6.42 Å². The third-order valence-corrected chi connectivity index (χ3v) is 4.67. The Balaban J connectivity index is 1.98. The van der Waals surface area contributed by atoms with E-state index in [1.807, 2.05) is 30.5 Å². The lowest BCUT2D eigenvalue weighted by molar-refractivity contribution is 0.368. The summed E-state index contributed by atoms with van der Waals surface area (Å²) in [5, 5.41) is 0.996. The van der Waals surface area contributed by atoms with Gasteiger partial charge >= 0.3 is 0 Å². The van der Waals surface area contributed by atoms with E-state index in [1.165, 1.54) is 24.8 Å². The standard InChI is InChI=1S/C23H27NO4/c1-5-6-7-8-16-11-17-12-19(26-3)14-22(23(17)24-15-16)28-20-10-9-18(25-2)13-21(20)27-4/h9-15H,5-8H2,1-4H3. The number of methoxy groups -OCH3 is 3. The van der Waals surface area contributed by atoms with Crippen molar-refractivity contribution in [1.29, 1.82) is 0 Å². The second-order valence-corrected chi connectivity index (χ2v) is 6.62. The van der Waals surface area contributed by atoms with Crippen LogP contribution in [0.1, 0.15) is 31.7 Å². The summed E-state index contributed by atoms with van der Waals surface area (Å²) in [5.74, 6) is 3.23. The second kappa shape index (κ2) is 9.31. The Bertz CT molecular complexity index is 939. The van der Waals surface area contributed by atoms with Crippen molar-refractivity contribution in [2.45, 2.75) is 32.6 Å². The van der Waals surface area contributed by atoms with Crippen LogP contribution in [0.5, 0.6) is 28.7 Å². The molecule has 0 amide bonds. The summed E-state index contributed by atoms with van der Waals surface area (Å²) in [4.78, 5) is 4.67.